The second kappa shape index (κ2) is 7.23. The van der Waals surface area contributed by atoms with E-state index in [2.05, 4.69) is 10.6 Å². The van der Waals surface area contributed by atoms with E-state index in [0.29, 0.717) is 5.69 Å². The minimum absolute atomic E-state index is 0.159. The molecule has 8 heteroatoms. The molecule has 0 atom stereocenters. The van der Waals surface area contributed by atoms with Crippen LogP contribution in [0.2, 0.25) is 0 Å². The number of alkyl halides is 4. The number of rotatable bonds is 6. The largest absolute Gasteiger partial charge is 0.491 e. The maximum Gasteiger partial charge on any atom is 0.392 e. The van der Waals surface area contributed by atoms with Gasteiger partial charge in [-0.2, -0.15) is 13.2 Å². The Bertz CT molecular complexity index is 467. The van der Waals surface area contributed by atoms with Crippen LogP contribution >= 0.6 is 11.6 Å². The second-order valence-electron chi connectivity index (χ2n) is 3.86. The summed E-state index contributed by atoms with van der Waals surface area (Å²) in [5, 5.41) is 5.31. The molecule has 0 heterocycles. The maximum absolute atomic E-state index is 12.1. The van der Waals surface area contributed by atoms with Gasteiger partial charge in [-0.25, -0.2) is 0 Å². The molecule has 20 heavy (non-hydrogen) atoms. The van der Waals surface area contributed by atoms with Crippen molar-refractivity contribution in [2.75, 3.05) is 30.2 Å². The molecule has 0 aliphatic rings. The number of anilines is 2. The summed E-state index contributed by atoms with van der Waals surface area (Å²) in [7, 11) is 1.67. The monoisotopic (exact) mass is 310 g/mol. The summed E-state index contributed by atoms with van der Waals surface area (Å²) in [5.41, 5.74) is 0.947. The molecule has 0 aromatic heterocycles. The standard InChI is InChI=1S/C12H14ClF3N2O2/c1-17-8-2-3-10(20-5-4-12(14,15)16)9(6-8)18-11(19)7-13/h2-3,6,17H,4-5,7H2,1H3,(H,18,19). The van der Waals surface area contributed by atoms with E-state index in [-0.39, 0.29) is 17.3 Å². The zero-order valence-electron chi connectivity index (χ0n) is 10.7. The Labute approximate surface area is 119 Å². The number of nitrogens with one attached hydrogen (secondary N) is 2. The highest BCUT2D eigenvalue weighted by atomic mass is 35.5. The molecule has 1 rings (SSSR count). The third kappa shape index (κ3) is 5.56. The van der Waals surface area contributed by atoms with Crippen LogP contribution in [0.15, 0.2) is 18.2 Å². The fourth-order valence-electron chi connectivity index (χ4n) is 1.37. The summed E-state index contributed by atoms with van der Waals surface area (Å²) >= 11 is 5.37. The first-order valence-corrected chi connectivity index (χ1v) is 6.26. The zero-order valence-corrected chi connectivity index (χ0v) is 11.4. The highest BCUT2D eigenvalue weighted by molar-refractivity contribution is 6.29. The van der Waals surface area contributed by atoms with E-state index >= 15 is 0 Å². The molecule has 0 aliphatic heterocycles. The molecule has 0 saturated heterocycles. The quantitative estimate of drug-likeness (QED) is 0.793. The Morgan fingerprint density at radius 1 is 1.40 bits per heavy atom. The van der Waals surface area contributed by atoms with Crippen LogP contribution in [0.5, 0.6) is 5.75 Å². The van der Waals surface area contributed by atoms with Gasteiger partial charge in [-0.1, -0.05) is 0 Å². The first-order chi connectivity index (χ1) is 9.35. The number of benzene rings is 1. The van der Waals surface area contributed by atoms with Gasteiger partial charge in [0, 0.05) is 12.7 Å². The Hall–Kier alpha value is -1.63. The maximum atomic E-state index is 12.1. The van der Waals surface area contributed by atoms with Crippen molar-refractivity contribution in [2.45, 2.75) is 12.6 Å². The van der Waals surface area contributed by atoms with Crippen molar-refractivity contribution in [3.63, 3.8) is 0 Å². The van der Waals surface area contributed by atoms with E-state index in [0.717, 1.165) is 0 Å². The highest BCUT2D eigenvalue weighted by Gasteiger charge is 2.27. The molecule has 0 saturated carbocycles. The van der Waals surface area contributed by atoms with Gasteiger partial charge >= 0.3 is 6.18 Å². The van der Waals surface area contributed by atoms with Gasteiger partial charge in [0.2, 0.25) is 5.91 Å². The SMILES string of the molecule is CNc1ccc(OCCC(F)(F)F)c(NC(=O)CCl)c1. The van der Waals surface area contributed by atoms with E-state index in [9.17, 15) is 18.0 Å². The number of hydrogen-bond donors (Lipinski definition) is 2. The number of carbonyl (C=O) groups excluding carboxylic acids is 1. The lowest BCUT2D eigenvalue weighted by atomic mass is 10.2. The predicted octanol–water partition coefficient (Wildman–Crippen LogP) is 3.24. The van der Waals surface area contributed by atoms with Crippen LogP contribution in [-0.4, -0.2) is 31.6 Å². The molecule has 4 nitrogen and oxygen atoms in total. The molecular formula is C12H14ClF3N2O2. The number of hydrogen-bond acceptors (Lipinski definition) is 3. The first-order valence-electron chi connectivity index (χ1n) is 5.73. The average molecular weight is 311 g/mol. The third-order valence-electron chi connectivity index (χ3n) is 2.31. The van der Waals surface area contributed by atoms with Gasteiger partial charge in [-0.3, -0.25) is 4.79 Å². The van der Waals surface area contributed by atoms with Crippen molar-refractivity contribution < 1.29 is 22.7 Å². The summed E-state index contributed by atoms with van der Waals surface area (Å²) in [4.78, 5) is 11.3. The Kier molecular flexibility index (Phi) is 5.94. The summed E-state index contributed by atoms with van der Waals surface area (Å²) in [6, 6.07) is 4.65. The second-order valence-corrected chi connectivity index (χ2v) is 4.12. The van der Waals surface area contributed by atoms with E-state index < -0.39 is 25.1 Å². The Morgan fingerprint density at radius 2 is 2.10 bits per heavy atom. The lowest BCUT2D eigenvalue weighted by molar-refractivity contribution is -0.139. The molecule has 0 radical (unpaired) electrons. The number of carbonyl (C=O) groups is 1. The van der Waals surface area contributed by atoms with Crippen molar-refractivity contribution in [3.8, 4) is 5.75 Å². The minimum atomic E-state index is -4.29. The molecule has 0 spiro atoms. The van der Waals surface area contributed by atoms with E-state index in [1.807, 2.05) is 0 Å². The van der Waals surface area contributed by atoms with Crippen LogP contribution in [-0.2, 0) is 4.79 Å². The van der Waals surface area contributed by atoms with Gasteiger partial charge in [-0.05, 0) is 18.2 Å². The molecule has 1 aromatic carbocycles. The normalized spacial score (nSPS) is 11.1. The molecule has 0 fully saturated rings. The van der Waals surface area contributed by atoms with Gasteiger partial charge in [-0.15, -0.1) is 11.6 Å². The predicted molar refractivity (Wildman–Crippen MR) is 71.5 cm³/mol. The fourth-order valence-corrected chi connectivity index (χ4v) is 1.44. The average Bonchev–Trinajstić information content (AvgIpc) is 2.38. The summed E-state index contributed by atoms with van der Waals surface area (Å²) in [6.07, 6.45) is -5.35. The fraction of sp³-hybridized carbons (Fsp3) is 0.417. The van der Waals surface area contributed by atoms with Crippen molar-refractivity contribution in [1.29, 1.82) is 0 Å². The van der Waals surface area contributed by atoms with E-state index in [1.54, 1.807) is 19.2 Å². The molecule has 112 valence electrons. The van der Waals surface area contributed by atoms with Crippen LogP contribution in [0.4, 0.5) is 24.5 Å². The molecular weight excluding hydrogens is 297 g/mol. The topological polar surface area (TPSA) is 50.4 Å². The van der Waals surface area contributed by atoms with Crippen molar-refractivity contribution in [1.82, 2.24) is 0 Å². The van der Waals surface area contributed by atoms with Crippen LogP contribution in [0.3, 0.4) is 0 Å². The highest BCUT2D eigenvalue weighted by Crippen LogP contribution is 2.29. The number of halogens is 4. The lowest BCUT2D eigenvalue weighted by Gasteiger charge is -2.14. The Morgan fingerprint density at radius 3 is 2.65 bits per heavy atom. The molecule has 1 amide bonds. The number of amides is 1. The van der Waals surface area contributed by atoms with E-state index in [4.69, 9.17) is 16.3 Å². The van der Waals surface area contributed by atoms with Crippen LogP contribution in [0.1, 0.15) is 6.42 Å². The lowest BCUT2D eigenvalue weighted by Crippen LogP contribution is -2.16. The van der Waals surface area contributed by atoms with Crippen LogP contribution in [0.25, 0.3) is 0 Å². The van der Waals surface area contributed by atoms with E-state index in [1.165, 1.54) is 6.07 Å². The van der Waals surface area contributed by atoms with Crippen LogP contribution < -0.4 is 15.4 Å². The summed E-state index contributed by atoms with van der Waals surface area (Å²) in [6.45, 7) is -0.522. The minimum Gasteiger partial charge on any atom is -0.491 e. The van der Waals surface area contributed by atoms with Crippen LogP contribution in [0, 0.1) is 0 Å². The third-order valence-corrected chi connectivity index (χ3v) is 2.55. The first kappa shape index (κ1) is 16.4. The van der Waals surface area contributed by atoms with Crippen molar-refractivity contribution in [3.05, 3.63) is 18.2 Å². The van der Waals surface area contributed by atoms with Gasteiger partial charge in [0.15, 0.2) is 0 Å². The Balaban J connectivity index is 2.80. The zero-order chi connectivity index (χ0) is 15.2. The molecule has 0 aliphatic carbocycles. The molecule has 2 N–H and O–H groups in total. The molecule has 0 bridgehead atoms. The molecule has 0 unspecified atom stereocenters. The number of ether oxygens (including phenoxy) is 1. The van der Waals surface area contributed by atoms with Gasteiger partial charge in [0.05, 0.1) is 18.7 Å². The van der Waals surface area contributed by atoms with Gasteiger partial charge < -0.3 is 15.4 Å². The smallest absolute Gasteiger partial charge is 0.392 e. The van der Waals surface area contributed by atoms with Crippen molar-refractivity contribution in [2.24, 2.45) is 0 Å². The summed E-state index contributed by atoms with van der Waals surface area (Å²) < 4.78 is 41.2. The van der Waals surface area contributed by atoms with Crippen molar-refractivity contribution >= 4 is 28.9 Å². The van der Waals surface area contributed by atoms with Gasteiger partial charge in [0.1, 0.15) is 11.6 Å². The van der Waals surface area contributed by atoms with Gasteiger partial charge in [0.25, 0.3) is 0 Å². The summed E-state index contributed by atoms with van der Waals surface area (Å²) in [5.74, 6) is -0.571. The molecule has 1 aromatic rings.